The molecule has 1 aliphatic heterocycles. The highest BCUT2D eigenvalue weighted by molar-refractivity contribution is 6.06. The number of nitrogens with zero attached hydrogens (tertiary/aromatic N) is 3. The molecule has 0 radical (unpaired) electrons. The third-order valence-corrected chi connectivity index (χ3v) is 5.54. The van der Waals surface area contributed by atoms with Crippen molar-refractivity contribution in [2.24, 2.45) is 0 Å². The van der Waals surface area contributed by atoms with Crippen LogP contribution in [0.1, 0.15) is 28.9 Å². The number of nitrogens with one attached hydrogen (secondary N) is 2. The number of fused-ring (bicyclic) bond motifs is 1. The number of methoxy groups -OCH3 is 1. The Morgan fingerprint density at radius 2 is 2.13 bits per heavy atom. The van der Waals surface area contributed by atoms with Gasteiger partial charge in [-0.15, -0.1) is 0 Å². The van der Waals surface area contributed by atoms with E-state index in [0.717, 1.165) is 37.3 Å². The average molecular weight is 411 g/mol. The molecule has 1 atom stereocenters. The normalized spacial score (nSPS) is 16.7. The Balaban J connectivity index is 1.55. The van der Waals surface area contributed by atoms with Crippen LogP contribution in [0.15, 0.2) is 36.7 Å². The monoisotopic (exact) mass is 411 g/mol. The Hall–Kier alpha value is -3.13. The van der Waals surface area contributed by atoms with Crippen LogP contribution in [0, 0.1) is 12.7 Å². The molecule has 1 aliphatic rings. The molecule has 1 unspecified atom stereocenters. The maximum Gasteiger partial charge on any atom is 0.261 e. The minimum Gasteiger partial charge on any atom is -0.496 e. The number of benzene rings is 1. The number of carbonyl (C=O) groups is 1. The first-order valence-electron chi connectivity index (χ1n) is 10.0. The van der Waals surface area contributed by atoms with Crippen molar-refractivity contribution in [1.29, 1.82) is 0 Å². The van der Waals surface area contributed by atoms with Crippen LogP contribution in [0.25, 0.3) is 5.65 Å². The zero-order valence-corrected chi connectivity index (χ0v) is 17.4. The zero-order chi connectivity index (χ0) is 21.3. The maximum absolute atomic E-state index is 14.8. The number of hydrogen-bond donors (Lipinski definition) is 2. The van der Waals surface area contributed by atoms with Crippen molar-refractivity contribution >= 4 is 22.9 Å². The van der Waals surface area contributed by atoms with Gasteiger partial charge < -0.3 is 24.7 Å². The third-order valence-electron chi connectivity index (χ3n) is 5.54. The molecule has 0 saturated carbocycles. The molecular weight excluding hydrogens is 385 g/mol. The van der Waals surface area contributed by atoms with Crippen molar-refractivity contribution in [2.45, 2.75) is 25.8 Å². The number of pyridine rings is 1. The van der Waals surface area contributed by atoms with E-state index in [9.17, 15) is 9.18 Å². The van der Waals surface area contributed by atoms with Crippen LogP contribution in [0.2, 0.25) is 0 Å². The Bertz CT molecular complexity index is 1080. The van der Waals surface area contributed by atoms with E-state index in [0.29, 0.717) is 23.0 Å². The predicted octanol–water partition coefficient (Wildman–Crippen LogP) is 3.23. The lowest BCUT2D eigenvalue weighted by Crippen LogP contribution is -2.44. The summed E-state index contributed by atoms with van der Waals surface area (Å²) in [5.74, 6) is -0.528. The van der Waals surface area contributed by atoms with Crippen LogP contribution in [0.4, 0.5) is 15.8 Å². The molecule has 0 bridgehead atoms. The SMILES string of the molecule is CNC1CCCN(c2ccc(NC(=O)c3cn4cc(C)nc4cc3OC)c(F)c2)C1. The van der Waals surface area contributed by atoms with Gasteiger partial charge in [-0.1, -0.05) is 0 Å². The topological polar surface area (TPSA) is 70.9 Å². The summed E-state index contributed by atoms with van der Waals surface area (Å²) in [6.07, 6.45) is 5.63. The van der Waals surface area contributed by atoms with Crippen molar-refractivity contribution in [1.82, 2.24) is 14.7 Å². The number of likely N-dealkylation sites (N-methyl/N-ethyl adjacent to an activating group) is 1. The predicted molar refractivity (Wildman–Crippen MR) is 115 cm³/mol. The molecule has 1 saturated heterocycles. The van der Waals surface area contributed by atoms with Crippen LogP contribution in [0.3, 0.4) is 0 Å². The Kier molecular flexibility index (Phi) is 5.59. The quantitative estimate of drug-likeness (QED) is 0.675. The first-order valence-corrected chi connectivity index (χ1v) is 10.0. The molecule has 1 aromatic carbocycles. The second-order valence-corrected chi connectivity index (χ2v) is 7.60. The Morgan fingerprint density at radius 1 is 1.30 bits per heavy atom. The zero-order valence-electron chi connectivity index (χ0n) is 17.4. The largest absolute Gasteiger partial charge is 0.496 e. The summed E-state index contributed by atoms with van der Waals surface area (Å²) >= 11 is 0. The van der Waals surface area contributed by atoms with E-state index in [1.54, 1.807) is 22.7 Å². The molecule has 3 heterocycles. The van der Waals surface area contributed by atoms with Crippen LogP contribution >= 0.6 is 0 Å². The summed E-state index contributed by atoms with van der Waals surface area (Å²) in [6, 6.07) is 7.02. The van der Waals surface area contributed by atoms with Gasteiger partial charge in [0, 0.05) is 43.3 Å². The van der Waals surface area contributed by atoms with E-state index < -0.39 is 11.7 Å². The number of imidazole rings is 1. The molecule has 7 nitrogen and oxygen atoms in total. The van der Waals surface area contributed by atoms with E-state index >= 15 is 0 Å². The number of rotatable bonds is 5. The number of ether oxygens (including phenoxy) is 1. The molecule has 0 spiro atoms. The number of aromatic nitrogens is 2. The molecule has 2 N–H and O–H groups in total. The molecule has 30 heavy (non-hydrogen) atoms. The van der Waals surface area contributed by atoms with E-state index in [1.807, 2.05) is 26.2 Å². The minimum atomic E-state index is -0.467. The molecular formula is C22H26FN5O2. The number of anilines is 2. The Labute approximate surface area is 174 Å². The molecule has 2 aromatic heterocycles. The minimum absolute atomic E-state index is 0.134. The fourth-order valence-electron chi connectivity index (χ4n) is 3.92. The van der Waals surface area contributed by atoms with Gasteiger partial charge in [0.15, 0.2) is 0 Å². The van der Waals surface area contributed by atoms with Crippen molar-refractivity contribution in [3.05, 3.63) is 53.7 Å². The summed E-state index contributed by atoms with van der Waals surface area (Å²) in [7, 11) is 3.44. The lowest BCUT2D eigenvalue weighted by molar-refractivity contribution is 0.102. The summed E-state index contributed by atoms with van der Waals surface area (Å²) in [6.45, 7) is 3.60. The second-order valence-electron chi connectivity index (χ2n) is 7.60. The van der Waals surface area contributed by atoms with Crippen molar-refractivity contribution < 1.29 is 13.9 Å². The van der Waals surface area contributed by atoms with Crippen LogP contribution in [0.5, 0.6) is 5.75 Å². The molecule has 4 rings (SSSR count). The van der Waals surface area contributed by atoms with Gasteiger partial charge in [0.1, 0.15) is 17.2 Å². The Morgan fingerprint density at radius 3 is 2.87 bits per heavy atom. The number of carbonyl (C=O) groups excluding carboxylic acids is 1. The van der Waals surface area contributed by atoms with Gasteiger partial charge in [0.05, 0.1) is 24.1 Å². The highest BCUT2D eigenvalue weighted by Gasteiger charge is 2.21. The fraction of sp³-hybridized carbons (Fsp3) is 0.364. The van der Waals surface area contributed by atoms with Gasteiger partial charge in [-0.25, -0.2) is 9.37 Å². The molecule has 1 amide bonds. The van der Waals surface area contributed by atoms with E-state index in [1.165, 1.54) is 13.2 Å². The lowest BCUT2D eigenvalue weighted by atomic mass is 10.0. The molecule has 0 aliphatic carbocycles. The summed E-state index contributed by atoms with van der Waals surface area (Å²) in [4.78, 5) is 19.4. The summed E-state index contributed by atoms with van der Waals surface area (Å²) in [5, 5.41) is 5.95. The number of aryl methyl sites for hydroxylation is 1. The fourth-order valence-corrected chi connectivity index (χ4v) is 3.92. The average Bonchev–Trinajstić information content (AvgIpc) is 3.13. The second kappa shape index (κ2) is 8.31. The van der Waals surface area contributed by atoms with Gasteiger partial charge >= 0.3 is 0 Å². The number of piperidine rings is 1. The summed E-state index contributed by atoms with van der Waals surface area (Å²) < 4.78 is 21.9. The third kappa shape index (κ3) is 3.95. The first-order chi connectivity index (χ1) is 14.5. The molecule has 8 heteroatoms. The highest BCUT2D eigenvalue weighted by atomic mass is 19.1. The van der Waals surface area contributed by atoms with Gasteiger partial charge in [-0.3, -0.25) is 4.79 Å². The molecule has 158 valence electrons. The van der Waals surface area contributed by atoms with Crippen LogP contribution in [-0.2, 0) is 0 Å². The number of amides is 1. The van der Waals surface area contributed by atoms with Crippen molar-refractivity contribution in [3.63, 3.8) is 0 Å². The van der Waals surface area contributed by atoms with Gasteiger partial charge in [0.2, 0.25) is 0 Å². The maximum atomic E-state index is 14.8. The highest BCUT2D eigenvalue weighted by Crippen LogP contribution is 2.27. The smallest absolute Gasteiger partial charge is 0.261 e. The van der Waals surface area contributed by atoms with Gasteiger partial charge in [-0.05, 0) is 45.0 Å². The van der Waals surface area contributed by atoms with Gasteiger partial charge in [0.25, 0.3) is 5.91 Å². The number of halogens is 1. The van der Waals surface area contributed by atoms with E-state index in [2.05, 4.69) is 20.5 Å². The molecule has 1 fully saturated rings. The standard InChI is InChI=1S/C22H26FN5O2/c1-14-11-28-13-17(20(30-3)10-21(28)25-14)22(29)26-19-7-6-16(9-18(19)23)27-8-4-5-15(12-27)24-2/h6-7,9-11,13,15,24H,4-5,8,12H2,1-3H3,(H,26,29). The first kappa shape index (κ1) is 20.2. The number of hydrogen-bond acceptors (Lipinski definition) is 5. The van der Waals surface area contributed by atoms with Crippen LogP contribution < -0.4 is 20.3 Å². The van der Waals surface area contributed by atoms with E-state index in [4.69, 9.17) is 4.74 Å². The van der Waals surface area contributed by atoms with Crippen LogP contribution in [-0.4, -0.2) is 48.6 Å². The molecule has 3 aromatic rings. The van der Waals surface area contributed by atoms with E-state index in [-0.39, 0.29) is 5.69 Å². The van der Waals surface area contributed by atoms with Gasteiger partial charge in [-0.2, -0.15) is 0 Å². The van der Waals surface area contributed by atoms with Crippen molar-refractivity contribution in [2.75, 3.05) is 37.5 Å². The summed E-state index contributed by atoms with van der Waals surface area (Å²) in [5.41, 5.74) is 2.76. The lowest BCUT2D eigenvalue weighted by Gasteiger charge is -2.34. The van der Waals surface area contributed by atoms with Crippen molar-refractivity contribution in [3.8, 4) is 5.75 Å².